The molecule has 0 aliphatic carbocycles. The summed E-state index contributed by atoms with van der Waals surface area (Å²) in [6, 6.07) is 4.36. The van der Waals surface area contributed by atoms with Crippen LogP contribution in [-0.4, -0.2) is 72.7 Å². The van der Waals surface area contributed by atoms with Gasteiger partial charge in [-0.05, 0) is 63.2 Å². The lowest BCUT2D eigenvalue weighted by Gasteiger charge is -2.29. The third-order valence-electron chi connectivity index (χ3n) is 5.72. The van der Waals surface area contributed by atoms with Crippen molar-refractivity contribution in [3.63, 3.8) is 0 Å². The number of hydrogen-bond donors (Lipinski definition) is 5. The SMILES string of the molecule is C=CC(=O)NC[C@H](NC(=O)[C@H](C)NC)C(=O)N(Cc1cccc(NC(=O)C=C)c1)C(=O)[C@@H]1CCCN1. The van der Waals surface area contributed by atoms with Gasteiger partial charge in [0.1, 0.15) is 6.04 Å². The van der Waals surface area contributed by atoms with Crippen molar-refractivity contribution < 1.29 is 24.0 Å². The van der Waals surface area contributed by atoms with Crippen LogP contribution < -0.4 is 26.6 Å². The van der Waals surface area contributed by atoms with Crippen molar-refractivity contribution in [2.45, 2.75) is 44.4 Å². The van der Waals surface area contributed by atoms with Crippen molar-refractivity contribution in [3.8, 4) is 0 Å². The van der Waals surface area contributed by atoms with Crippen molar-refractivity contribution in [3.05, 3.63) is 55.1 Å². The molecule has 1 aliphatic rings. The quantitative estimate of drug-likeness (QED) is 0.251. The average molecular weight is 499 g/mol. The van der Waals surface area contributed by atoms with Gasteiger partial charge in [-0.2, -0.15) is 0 Å². The van der Waals surface area contributed by atoms with Crippen molar-refractivity contribution in [2.24, 2.45) is 0 Å². The molecule has 1 heterocycles. The van der Waals surface area contributed by atoms with Crippen LogP contribution in [0.2, 0.25) is 0 Å². The molecule has 1 aromatic rings. The maximum Gasteiger partial charge on any atom is 0.253 e. The van der Waals surface area contributed by atoms with Crippen LogP contribution >= 0.6 is 0 Å². The minimum absolute atomic E-state index is 0.100. The summed E-state index contributed by atoms with van der Waals surface area (Å²) in [5.41, 5.74) is 1.06. The number of anilines is 1. The third kappa shape index (κ3) is 8.14. The van der Waals surface area contributed by atoms with E-state index in [2.05, 4.69) is 39.7 Å². The fraction of sp³-hybridized carbons (Fsp3) is 0.400. The van der Waals surface area contributed by atoms with Crippen molar-refractivity contribution in [2.75, 3.05) is 25.5 Å². The molecule has 1 saturated heterocycles. The predicted molar refractivity (Wildman–Crippen MR) is 136 cm³/mol. The zero-order valence-electron chi connectivity index (χ0n) is 20.6. The fourth-order valence-corrected chi connectivity index (χ4v) is 3.56. The lowest BCUT2D eigenvalue weighted by atomic mass is 10.1. The molecule has 1 aromatic carbocycles. The first kappa shape index (κ1) is 28.4. The van der Waals surface area contributed by atoms with Gasteiger partial charge in [-0.3, -0.25) is 28.9 Å². The molecule has 1 aliphatic heterocycles. The average Bonchev–Trinajstić information content (AvgIpc) is 3.43. The highest BCUT2D eigenvalue weighted by Gasteiger charge is 2.35. The number of benzene rings is 1. The molecule has 3 atom stereocenters. The molecule has 11 nitrogen and oxygen atoms in total. The van der Waals surface area contributed by atoms with Gasteiger partial charge in [-0.15, -0.1) is 0 Å². The second-order valence-corrected chi connectivity index (χ2v) is 8.33. The number of amides is 5. The van der Waals surface area contributed by atoms with Crippen LogP contribution in [0.5, 0.6) is 0 Å². The normalized spacial score (nSPS) is 16.2. The van der Waals surface area contributed by atoms with Gasteiger partial charge in [0.15, 0.2) is 0 Å². The Morgan fingerprint density at radius 2 is 1.89 bits per heavy atom. The van der Waals surface area contributed by atoms with E-state index in [-0.39, 0.29) is 13.1 Å². The molecule has 194 valence electrons. The minimum atomic E-state index is -1.20. The Morgan fingerprint density at radius 3 is 2.50 bits per heavy atom. The summed E-state index contributed by atoms with van der Waals surface area (Å²) in [6.45, 7) is 8.75. The first-order valence-corrected chi connectivity index (χ1v) is 11.7. The summed E-state index contributed by atoms with van der Waals surface area (Å²) in [5, 5.41) is 13.7. The number of carbonyl (C=O) groups excluding carboxylic acids is 5. The Morgan fingerprint density at radius 1 is 1.17 bits per heavy atom. The van der Waals surface area contributed by atoms with Crippen molar-refractivity contribution in [1.29, 1.82) is 0 Å². The van der Waals surface area contributed by atoms with Crippen LogP contribution in [0, 0.1) is 0 Å². The molecule has 5 N–H and O–H groups in total. The van der Waals surface area contributed by atoms with E-state index in [9.17, 15) is 24.0 Å². The van der Waals surface area contributed by atoms with E-state index in [0.29, 0.717) is 24.2 Å². The standard InChI is InChI=1S/C25H34N6O5/c1-5-21(32)28-14-20(30-23(34)16(3)26-4)25(36)31(24(35)19-11-8-12-27-19)15-17-9-7-10-18(13-17)29-22(33)6-2/h5-7,9-10,13,16,19-20,26-27H,1-2,8,11-12,14-15H2,3-4H3,(H,28,32)(H,29,33)(H,30,34)/t16-,19-,20-/m0/s1. The summed E-state index contributed by atoms with van der Waals surface area (Å²) in [6.07, 6.45) is 3.54. The number of hydrogen-bond acceptors (Lipinski definition) is 7. The van der Waals surface area contributed by atoms with Gasteiger partial charge in [0.25, 0.3) is 5.91 Å². The van der Waals surface area contributed by atoms with E-state index in [1.54, 1.807) is 38.2 Å². The van der Waals surface area contributed by atoms with E-state index < -0.39 is 47.7 Å². The summed E-state index contributed by atoms with van der Waals surface area (Å²) >= 11 is 0. The summed E-state index contributed by atoms with van der Waals surface area (Å²) in [4.78, 5) is 64.2. The Labute approximate surface area is 210 Å². The van der Waals surface area contributed by atoms with Crippen LogP contribution in [0.25, 0.3) is 0 Å². The largest absolute Gasteiger partial charge is 0.350 e. The minimum Gasteiger partial charge on any atom is -0.350 e. The van der Waals surface area contributed by atoms with E-state index in [0.717, 1.165) is 23.5 Å². The molecule has 0 unspecified atom stereocenters. The molecule has 1 fully saturated rings. The van der Waals surface area contributed by atoms with E-state index in [1.165, 1.54) is 0 Å². The van der Waals surface area contributed by atoms with Crippen molar-refractivity contribution in [1.82, 2.24) is 26.2 Å². The highest BCUT2D eigenvalue weighted by molar-refractivity contribution is 6.02. The van der Waals surface area contributed by atoms with Gasteiger partial charge in [-0.1, -0.05) is 25.3 Å². The maximum atomic E-state index is 13.7. The molecule has 0 radical (unpaired) electrons. The summed E-state index contributed by atoms with van der Waals surface area (Å²) < 4.78 is 0. The fourth-order valence-electron chi connectivity index (χ4n) is 3.56. The number of rotatable bonds is 12. The summed E-state index contributed by atoms with van der Waals surface area (Å²) in [7, 11) is 1.60. The predicted octanol–water partition coefficient (Wildman–Crippen LogP) is -0.187. The van der Waals surface area contributed by atoms with Crippen LogP contribution in [-0.2, 0) is 30.5 Å². The Balaban J connectivity index is 2.36. The number of likely N-dealkylation sites (N-methyl/N-ethyl adjacent to an activating group) is 1. The van der Waals surface area contributed by atoms with Crippen LogP contribution in [0.15, 0.2) is 49.6 Å². The molecule has 0 bridgehead atoms. The van der Waals surface area contributed by atoms with Gasteiger partial charge in [-0.25, -0.2) is 0 Å². The molecular weight excluding hydrogens is 464 g/mol. The second-order valence-electron chi connectivity index (χ2n) is 8.33. The molecular formula is C25H34N6O5. The van der Waals surface area contributed by atoms with E-state index in [4.69, 9.17) is 0 Å². The molecule has 0 spiro atoms. The third-order valence-corrected chi connectivity index (χ3v) is 5.72. The second kappa shape index (κ2) is 13.9. The lowest BCUT2D eigenvalue weighted by Crippen LogP contribution is -2.58. The van der Waals surface area contributed by atoms with Gasteiger partial charge >= 0.3 is 0 Å². The molecule has 2 rings (SSSR count). The van der Waals surface area contributed by atoms with E-state index in [1.807, 2.05) is 0 Å². The van der Waals surface area contributed by atoms with E-state index >= 15 is 0 Å². The smallest absolute Gasteiger partial charge is 0.253 e. The molecule has 5 amide bonds. The topological polar surface area (TPSA) is 149 Å². The Kier molecular flexibility index (Phi) is 11.0. The number of carbonyl (C=O) groups is 5. The zero-order valence-corrected chi connectivity index (χ0v) is 20.6. The molecule has 0 saturated carbocycles. The lowest BCUT2D eigenvalue weighted by molar-refractivity contribution is -0.149. The first-order valence-electron chi connectivity index (χ1n) is 11.7. The van der Waals surface area contributed by atoms with Crippen LogP contribution in [0.4, 0.5) is 5.69 Å². The molecule has 36 heavy (non-hydrogen) atoms. The van der Waals surface area contributed by atoms with Gasteiger partial charge in [0.2, 0.25) is 23.6 Å². The van der Waals surface area contributed by atoms with Gasteiger partial charge in [0.05, 0.1) is 18.6 Å². The highest BCUT2D eigenvalue weighted by atomic mass is 16.2. The highest BCUT2D eigenvalue weighted by Crippen LogP contribution is 2.17. The number of nitrogens with zero attached hydrogens (tertiary/aromatic N) is 1. The van der Waals surface area contributed by atoms with Gasteiger partial charge in [0, 0.05) is 12.2 Å². The molecule has 11 heteroatoms. The Bertz CT molecular complexity index is 1000. The molecule has 0 aromatic heterocycles. The van der Waals surface area contributed by atoms with Crippen LogP contribution in [0.3, 0.4) is 0 Å². The summed E-state index contributed by atoms with van der Waals surface area (Å²) in [5.74, 6) is -2.50. The maximum absolute atomic E-state index is 13.7. The monoisotopic (exact) mass is 498 g/mol. The van der Waals surface area contributed by atoms with Crippen LogP contribution in [0.1, 0.15) is 25.3 Å². The number of imide groups is 1. The number of nitrogens with one attached hydrogen (secondary N) is 5. The first-order chi connectivity index (χ1) is 17.2. The zero-order chi connectivity index (χ0) is 26.7. The van der Waals surface area contributed by atoms with Crippen molar-refractivity contribution >= 4 is 35.2 Å². The Hall–Kier alpha value is -3.83. The van der Waals surface area contributed by atoms with Gasteiger partial charge < -0.3 is 26.6 Å².